The van der Waals surface area contributed by atoms with Crippen molar-refractivity contribution in [1.29, 1.82) is 0 Å². The van der Waals surface area contributed by atoms with Crippen LogP contribution in [0, 0.1) is 0 Å². The summed E-state index contributed by atoms with van der Waals surface area (Å²) in [5, 5.41) is 2.64. The van der Waals surface area contributed by atoms with Gasteiger partial charge >= 0.3 is 6.18 Å². The zero-order chi connectivity index (χ0) is 22.6. The summed E-state index contributed by atoms with van der Waals surface area (Å²) < 4.78 is 62.9. The number of amides is 1. The standard InChI is InChI=1S/C19H18ClF5N4OS/c20-15-9-12(19(23,24)25)10-26-17(15)29-7-5-28(6-8-29)11-16(30)27-13-1-3-14(4-2-13)31-18(21)22/h1-4,9-10,18H,5-8,11H2,(H,27,30). The molecule has 0 unspecified atom stereocenters. The monoisotopic (exact) mass is 480 g/mol. The number of benzene rings is 1. The summed E-state index contributed by atoms with van der Waals surface area (Å²) in [6.45, 7) is 2.01. The summed E-state index contributed by atoms with van der Waals surface area (Å²) in [6.07, 6.45) is -3.75. The predicted octanol–water partition coefficient (Wildman–Crippen LogP) is 4.83. The minimum Gasteiger partial charge on any atom is -0.353 e. The van der Waals surface area contributed by atoms with Crippen molar-refractivity contribution in [3.05, 3.63) is 47.1 Å². The highest BCUT2D eigenvalue weighted by Gasteiger charge is 2.32. The molecular formula is C19H18ClF5N4OS. The number of carbonyl (C=O) groups is 1. The van der Waals surface area contributed by atoms with Crippen LogP contribution in [0.5, 0.6) is 0 Å². The average Bonchev–Trinajstić information content (AvgIpc) is 2.69. The Morgan fingerprint density at radius 1 is 1.16 bits per heavy atom. The molecule has 31 heavy (non-hydrogen) atoms. The molecule has 0 atom stereocenters. The fraction of sp³-hybridized carbons (Fsp3) is 0.368. The number of carbonyl (C=O) groups excluding carboxylic acids is 1. The van der Waals surface area contributed by atoms with E-state index >= 15 is 0 Å². The van der Waals surface area contributed by atoms with E-state index in [-0.39, 0.29) is 23.3 Å². The largest absolute Gasteiger partial charge is 0.417 e. The third kappa shape index (κ3) is 6.68. The van der Waals surface area contributed by atoms with Crippen LogP contribution in [0.15, 0.2) is 41.4 Å². The Morgan fingerprint density at radius 2 is 1.81 bits per heavy atom. The lowest BCUT2D eigenvalue weighted by molar-refractivity contribution is -0.137. The van der Waals surface area contributed by atoms with E-state index in [1.54, 1.807) is 17.0 Å². The van der Waals surface area contributed by atoms with Crippen molar-refractivity contribution in [1.82, 2.24) is 9.88 Å². The fourth-order valence-electron chi connectivity index (χ4n) is 3.06. The number of alkyl halides is 5. The van der Waals surface area contributed by atoms with Gasteiger partial charge in [0.05, 0.1) is 17.1 Å². The Labute approximate surface area is 184 Å². The van der Waals surface area contributed by atoms with E-state index in [1.807, 2.05) is 4.90 Å². The maximum absolute atomic E-state index is 12.8. The van der Waals surface area contributed by atoms with Gasteiger partial charge in [-0.2, -0.15) is 22.0 Å². The van der Waals surface area contributed by atoms with Gasteiger partial charge in [-0.15, -0.1) is 0 Å². The summed E-state index contributed by atoms with van der Waals surface area (Å²) in [6, 6.07) is 6.98. The van der Waals surface area contributed by atoms with Crippen LogP contribution in [0.25, 0.3) is 0 Å². The first kappa shape index (κ1) is 23.6. The van der Waals surface area contributed by atoms with E-state index in [1.165, 1.54) is 12.1 Å². The first-order valence-electron chi connectivity index (χ1n) is 9.16. The molecule has 1 aliphatic heterocycles. The molecule has 0 aliphatic carbocycles. The van der Waals surface area contributed by atoms with E-state index in [9.17, 15) is 26.7 Å². The molecule has 1 aliphatic rings. The zero-order valence-corrected chi connectivity index (χ0v) is 17.6. The van der Waals surface area contributed by atoms with Crippen LogP contribution in [0.1, 0.15) is 5.56 Å². The van der Waals surface area contributed by atoms with Gasteiger partial charge in [-0.3, -0.25) is 9.69 Å². The van der Waals surface area contributed by atoms with E-state index < -0.39 is 17.5 Å². The first-order valence-corrected chi connectivity index (χ1v) is 10.4. The zero-order valence-electron chi connectivity index (χ0n) is 16.0. The van der Waals surface area contributed by atoms with Gasteiger partial charge in [-0.1, -0.05) is 23.4 Å². The van der Waals surface area contributed by atoms with Crippen molar-refractivity contribution < 1.29 is 26.7 Å². The topological polar surface area (TPSA) is 48.5 Å². The summed E-state index contributed by atoms with van der Waals surface area (Å²) >= 11 is 6.42. The Hall–Kier alpha value is -2.11. The molecule has 12 heteroatoms. The van der Waals surface area contributed by atoms with E-state index in [2.05, 4.69) is 10.3 Å². The molecular weight excluding hydrogens is 463 g/mol. The minimum absolute atomic E-state index is 0.0746. The quantitative estimate of drug-likeness (QED) is 0.474. The van der Waals surface area contributed by atoms with Crippen molar-refractivity contribution in [2.24, 2.45) is 0 Å². The van der Waals surface area contributed by atoms with E-state index in [0.717, 1.165) is 12.3 Å². The highest BCUT2D eigenvalue weighted by atomic mass is 35.5. The van der Waals surface area contributed by atoms with Gasteiger partial charge in [0.2, 0.25) is 5.91 Å². The summed E-state index contributed by atoms with van der Waals surface area (Å²) in [4.78, 5) is 20.2. The molecule has 1 aromatic heterocycles. The molecule has 1 amide bonds. The molecule has 3 rings (SSSR count). The molecule has 2 aromatic rings. The molecule has 0 radical (unpaired) electrons. The Kier molecular flexibility index (Phi) is 7.60. The summed E-state index contributed by atoms with van der Waals surface area (Å²) in [5.74, 6) is -2.49. The van der Waals surface area contributed by atoms with E-state index in [4.69, 9.17) is 11.6 Å². The van der Waals surface area contributed by atoms with Gasteiger partial charge in [-0.05, 0) is 30.3 Å². The average molecular weight is 481 g/mol. The lowest BCUT2D eigenvalue weighted by Crippen LogP contribution is -2.49. The number of rotatable bonds is 6. The fourth-order valence-corrected chi connectivity index (χ4v) is 3.84. The first-order chi connectivity index (χ1) is 14.6. The van der Waals surface area contributed by atoms with Gasteiger partial charge < -0.3 is 10.2 Å². The maximum atomic E-state index is 12.8. The molecule has 1 N–H and O–H groups in total. The minimum atomic E-state index is -4.51. The number of hydrogen-bond acceptors (Lipinski definition) is 5. The van der Waals surface area contributed by atoms with Crippen LogP contribution in [0.3, 0.4) is 0 Å². The highest BCUT2D eigenvalue weighted by Crippen LogP contribution is 2.33. The SMILES string of the molecule is O=C(CN1CCN(c2ncc(C(F)(F)F)cc2Cl)CC1)Nc1ccc(SC(F)F)cc1. The van der Waals surface area contributed by atoms with Crippen LogP contribution in [0.4, 0.5) is 33.5 Å². The van der Waals surface area contributed by atoms with Crippen molar-refractivity contribution in [2.45, 2.75) is 16.8 Å². The number of piperazine rings is 1. The van der Waals surface area contributed by atoms with Gasteiger partial charge in [0, 0.05) is 43.0 Å². The van der Waals surface area contributed by atoms with E-state index in [0.29, 0.717) is 48.5 Å². The van der Waals surface area contributed by atoms with Crippen LogP contribution < -0.4 is 10.2 Å². The molecule has 0 saturated carbocycles. The Morgan fingerprint density at radius 3 is 2.35 bits per heavy atom. The number of nitrogens with one attached hydrogen (secondary N) is 1. The molecule has 1 aromatic carbocycles. The van der Waals surface area contributed by atoms with Crippen LogP contribution in [0.2, 0.25) is 5.02 Å². The normalized spacial score (nSPS) is 15.4. The van der Waals surface area contributed by atoms with Gasteiger partial charge in [-0.25, -0.2) is 4.98 Å². The maximum Gasteiger partial charge on any atom is 0.417 e. The Bertz CT molecular complexity index is 905. The van der Waals surface area contributed by atoms with Crippen LogP contribution >= 0.6 is 23.4 Å². The number of pyridine rings is 1. The molecule has 1 fully saturated rings. The molecule has 168 valence electrons. The molecule has 5 nitrogen and oxygen atoms in total. The van der Waals surface area contributed by atoms with Gasteiger partial charge in [0.25, 0.3) is 5.76 Å². The van der Waals surface area contributed by atoms with Gasteiger partial charge in [0.15, 0.2) is 0 Å². The van der Waals surface area contributed by atoms with Crippen molar-refractivity contribution in [2.75, 3.05) is 42.9 Å². The number of thioether (sulfide) groups is 1. The molecule has 0 bridgehead atoms. The number of aromatic nitrogens is 1. The summed E-state index contributed by atoms with van der Waals surface area (Å²) in [5.41, 5.74) is -0.402. The summed E-state index contributed by atoms with van der Waals surface area (Å²) in [7, 11) is 0. The van der Waals surface area contributed by atoms with Gasteiger partial charge in [0.1, 0.15) is 5.82 Å². The smallest absolute Gasteiger partial charge is 0.353 e. The number of hydrogen-bond donors (Lipinski definition) is 1. The van der Waals surface area contributed by atoms with Crippen LogP contribution in [-0.4, -0.2) is 54.3 Å². The second-order valence-electron chi connectivity index (χ2n) is 6.74. The highest BCUT2D eigenvalue weighted by molar-refractivity contribution is 7.99. The third-order valence-electron chi connectivity index (χ3n) is 4.55. The third-order valence-corrected chi connectivity index (χ3v) is 5.55. The molecule has 0 spiro atoms. The van der Waals surface area contributed by atoms with Crippen molar-refractivity contribution in [3.63, 3.8) is 0 Å². The van der Waals surface area contributed by atoms with Crippen molar-refractivity contribution >= 4 is 40.8 Å². The number of halogens is 6. The van der Waals surface area contributed by atoms with Crippen molar-refractivity contribution in [3.8, 4) is 0 Å². The number of nitrogens with zero attached hydrogens (tertiary/aromatic N) is 3. The molecule has 2 heterocycles. The second kappa shape index (κ2) is 10.0. The molecule has 1 saturated heterocycles. The van der Waals surface area contributed by atoms with Crippen LogP contribution in [-0.2, 0) is 11.0 Å². The lowest BCUT2D eigenvalue weighted by Gasteiger charge is -2.35. The predicted molar refractivity (Wildman–Crippen MR) is 110 cm³/mol. The lowest BCUT2D eigenvalue weighted by atomic mass is 10.2. The number of anilines is 2. The Balaban J connectivity index is 1.49. The second-order valence-corrected chi connectivity index (χ2v) is 8.21.